The topological polar surface area (TPSA) is 57.4 Å². The van der Waals surface area contributed by atoms with Gasteiger partial charge < -0.3 is 15.2 Å². The average Bonchev–Trinajstić information content (AvgIpc) is 2.49. The maximum Gasteiger partial charge on any atom is 0.165 e. The number of nitrogens with two attached hydrogens (primary N) is 1. The molecule has 106 valence electrons. The van der Waals surface area contributed by atoms with E-state index in [9.17, 15) is 0 Å². The summed E-state index contributed by atoms with van der Waals surface area (Å²) >= 11 is 6.01. The second-order valence-corrected chi connectivity index (χ2v) is 4.66. The van der Waals surface area contributed by atoms with Gasteiger partial charge >= 0.3 is 0 Å². The van der Waals surface area contributed by atoms with Crippen molar-refractivity contribution in [1.29, 1.82) is 0 Å². The van der Waals surface area contributed by atoms with Crippen LogP contribution in [0.1, 0.15) is 11.3 Å². The molecule has 2 N–H and O–H groups in total. The lowest BCUT2D eigenvalue weighted by atomic mass is 10.2. The van der Waals surface area contributed by atoms with E-state index in [2.05, 4.69) is 4.98 Å². The van der Waals surface area contributed by atoms with Crippen LogP contribution >= 0.6 is 11.6 Å². The summed E-state index contributed by atoms with van der Waals surface area (Å²) < 4.78 is 11.1. The van der Waals surface area contributed by atoms with Crippen molar-refractivity contribution >= 4 is 11.6 Å². The normalized spacial score (nSPS) is 10.3. The monoisotopic (exact) mass is 292 g/mol. The van der Waals surface area contributed by atoms with Crippen molar-refractivity contribution in [2.24, 2.45) is 5.73 Å². The van der Waals surface area contributed by atoms with E-state index in [0.717, 1.165) is 17.7 Å². The highest BCUT2D eigenvalue weighted by atomic mass is 35.5. The van der Waals surface area contributed by atoms with Gasteiger partial charge in [0.2, 0.25) is 0 Å². The summed E-state index contributed by atoms with van der Waals surface area (Å²) in [6.45, 7) is 0.845. The summed E-state index contributed by atoms with van der Waals surface area (Å²) in [5.74, 6) is 1.24. The fraction of sp³-hybridized carbons (Fsp3) is 0.267. The van der Waals surface area contributed by atoms with Gasteiger partial charge in [0.05, 0.1) is 13.7 Å². The largest absolute Gasteiger partial charge is 0.493 e. The third kappa shape index (κ3) is 3.62. The Kier molecular flexibility index (Phi) is 5.21. The van der Waals surface area contributed by atoms with Gasteiger partial charge in [0.25, 0.3) is 0 Å². The number of ether oxygens (including phenoxy) is 2. The zero-order valence-corrected chi connectivity index (χ0v) is 12.1. The summed E-state index contributed by atoms with van der Waals surface area (Å²) in [5, 5.41) is 0.583. The molecule has 0 radical (unpaired) electrons. The molecule has 0 spiro atoms. The van der Waals surface area contributed by atoms with Crippen LogP contribution < -0.4 is 15.2 Å². The summed E-state index contributed by atoms with van der Waals surface area (Å²) in [5.41, 5.74) is 7.53. The van der Waals surface area contributed by atoms with Crippen LogP contribution in [0.25, 0.3) is 0 Å². The van der Waals surface area contributed by atoms with Crippen LogP contribution in [0.2, 0.25) is 5.02 Å². The number of nitrogens with zero attached hydrogens (tertiary/aromatic N) is 1. The van der Waals surface area contributed by atoms with Gasteiger partial charge in [-0.05, 0) is 18.2 Å². The van der Waals surface area contributed by atoms with E-state index in [1.165, 1.54) is 0 Å². The van der Waals surface area contributed by atoms with Gasteiger partial charge in [-0.3, -0.25) is 4.98 Å². The first-order valence-electron chi connectivity index (χ1n) is 6.33. The van der Waals surface area contributed by atoms with Crippen molar-refractivity contribution in [3.05, 3.63) is 52.8 Å². The minimum absolute atomic E-state index is 0.343. The van der Waals surface area contributed by atoms with Crippen molar-refractivity contribution in [2.45, 2.75) is 13.0 Å². The smallest absolute Gasteiger partial charge is 0.165 e. The fourth-order valence-corrected chi connectivity index (χ4v) is 2.12. The molecule has 0 amide bonds. The molecule has 0 aliphatic carbocycles. The van der Waals surface area contributed by atoms with E-state index in [0.29, 0.717) is 29.7 Å². The second-order valence-electron chi connectivity index (χ2n) is 4.22. The first-order valence-corrected chi connectivity index (χ1v) is 6.71. The van der Waals surface area contributed by atoms with E-state index in [4.69, 9.17) is 26.8 Å². The molecule has 5 heteroatoms. The van der Waals surface area contributed by atoms with Crippen molar-refractivity contribution in [2.75, 3.05) is 13.7 Å². The SMILES string of the molecule is COc1cc(Cl)cc(CN)c1OCCc1ccccn1. The Bertz CT molecular complexity index is 536. The lowest BCUT2D eigenvalue weighted by molar-refractivity contribution is 0.293. The van der Waals surface area contributed by atoms with Crippen molar-refractivity contribution in [3.63, 3.8) is 0 Å². The van der Waals surface area contributed by atoms with Crippen LogP contribution in [0.4, 0.5) is 0 Å². The van der Waals surface area contributed by atoms with E-state index in [1.807, 2.05) is 18.2 Å². The van der Waals surface area contributed by atoms with Crippen molar-refractivity contribution in [1.82, 2.24) is 4.98 Å². The van der Waals surface area contributed by atoms with Gasteiger partial charge in [-0.2, -0.15) is 0 Å². The molecule has 0 fully saturated rings. The third-order valence-corrected chi connectivity index (χ3v) is 3.09. The zero-order chi connectivity index (χ0) is 14.4. The maximum atomic E-state index is 6.01. The molecule has 1 aromatic heterocycles. The summed E-state index contributed by atoms with van der Waals surface area (Å²) in [7, 11) is 1.58. The minimum Gasteiger partial charge on any atom is -0.493 e. The van der Waals surface area contributed by atoms with Gasteiger partial charge in [-0.1, -0.05) is 17.7 Å². The second kappa shape index (κ2) is 7.12. The molecular weight excluding hydrogens is 276 g/mol. The molecule has 1 aromatic carbocycles. The van der Waals surface area contributed by atoms with Gasteiger partial charge in [-0.15, -0.1) is 0 Å². The zero-order valence-electron chi connectivity index (χ0n) is 11.3. The van der Waals surface area contributed by atoms with Crippen LogP contribution in [0.3, 0.4) is 0 Å². The number of rotatable bonds is 6. The van der Waals surface area contributed by atoms with Crippen molar-refractivity contribution in [3.8, 4) is 11.5 Å². The predicted molar refractivity (Wildman–Crippen MR) is 79.3 cm³/mol. The van der Waals surface area contributed by atoms with Crippen molar-refractivity contribution < 1.29 is 9.47 Å². The number of aromatic nitrogens is 1. The Labute approximate surface area is 123 Å². The van der Waals surface area contributed by atoms with Crippen LogP contribution in [-0.4, -0.2) is 18.7 Å². The molecular formula is C15H17ClN2O2. The predicted octanol–water partition coefficient (Wildman–Crippen LogP) is 2.82. The maximum absolute atomic E-state index is 6.01. The molecule has 0 saturated heterocycles. The molecule has 2 rings (SSSR count). The number of benzene rings is 1. The Balaban J connectivity index is 2.08. The Morgan fingerprint density at radius 2 is 2.15 bits per heavy atom. The minimum atomic E-state index is 0.343. The Hall–Kier alpha value is -1.78. The van der Waals surface area contributed by atoms with E-state index >= 15 is 0 Å². The standard InChI is InChI=1S/C15H17ClN2O2/c1-19-14-9-12(16)8-11(10-17)15(14)20-7-5-13-4-2-3-6-18-13/h2-4,6,8-9H,5,7,10,17H2,1H3. The van der Waals surface area contributed by atoms with Gasteiger partial charge in [0.15, 0.2) is 11.5 Å². The molecule has 0 saturated carbocycles. The summed E-state index contributed by atoms with van der Waals surface area (Å²) in [6, 6.07) is 9.32. The van der Waals surface area contributed by atoms with E-state index in [-0.39, 0.29) is 0 Å². The van der Waals surface area contributed by atoms with E-state index in [1.54, 1.807) is 25.4 Å². The Morgan fingerprint density at radius 3 is 2.80 bits per heavy atom. The highest BCUT2D eigenvalue weighted by molar-refractivity contribution is 6.30. The summed E-state index contributed by atoms with van der Waals surface area (Å²) in [6.07, 6.45) is 2.49. The molecule has 2 aromatic rings. The van der Waals surface area contributed by atoms with Crippen LogP contribution in [0.15, 0.2) is 36.5 Å². The fourth-order valence-electron chi connectivity index (χ4n) is 1.89. The molecule has 0 aliphatic rings. The molecule has 1 heterocycles. The first-order chi connectivity index (χ1) is 9.74. The van der Waals surface area contributed by atoms with Gasteiger partial charge in [-0.25, -0.2) is 0 Å². The molecule has 4 nitrogen and oxygen atoms in total. The number of methoxy groups -OCH3 is 1. The lowest BCUT2D eigenvalue weighted by Gasteiger charge is -2.14. The number of halogens is 1. The average molecular weight is 293 g/mol. The van der Waals surface area contributed by atoms with Crippen LogP contribution in [-0.2, 0) is 13.0 Å². The van der Waals surface area contributed by atoms with Gasteiger partial charge in [0, 0.05) is 41.5 Å². The molecule has 20 heavy (non-hydrogen) atoms. The summed E-state index contributed by atoms with van der Waals surface area (Å²) in [4.78, 5) is 4.25. The number of hydrogen-bond acceptors (Lipinski definition) is 4. The third-order valence-electron chi connectivity index (χ3n) is 2.87. The highest BCUT2D eigenvalue weighted by Gasteiger charge is 2.12. The number of hydrogen-bond donors (Lipinski definition) is 1. The first kappa shape index (κ1) is 14.6. The van der Waals surface area contributed by atoms with Crippen LogP contribution in [0, 0.1) is 0 Å². The number of pyridine rings is 1. The highest BCUT2D eigenvalue weighted by Crippen LogP contribution is 2.34. The molecule has 0 atom stereocenters. The quantitative estimate of drug-likeness (QED) is 0.889. The molecule has 0 aliphatic heterocycles. The molecule has 0 unspecified atom stereocenters. The Morgan fingerprint density at radius 1 is 1.30 bits per heavy atom. The lowest BCUT2D eigenvalue weighted by Crippen LogP contribution is -2.08. The van der Waals surface area contributed by atoms with Gasteiger partial charge in [0.1, 0.15) is 0 Å². The molecule has 0 bridgehead atoms. The van der Waals surface area contributed by atoms with E-state index < -0.39 is 0 Å². The van der Waals surface area contributed by atoms with Crippen LogP contribution in [0.5, 0.6) is 11.5 Å².